The summed E-state index contributed by atoms with van der Waals surface area (Å²) < 4.78 is 53.0. The van der Waals surface area contributed by atoms with Crippen LogP contribution in [0.25, 0.3) is 32.4 Å². The van der Waals surface area contributed by atoms with Crippen LogP contribution in [0, 0.1) is 11.6 Å². The monoisotopic (exact) mass is 472 g/mol. The van der Waals surface area contributed by atoms with Crippen molar-refractivity contribution in [1.82, 2.24) is 0 Å². The number of rotatable bonds is 4. The molecule has 0 aliphatic carbocycles. The van der Waals surface area contributed by atoms with E-state index < -0.39 is 11.6 Å². The molecule has 7 rings (SSSR count). The molecular weight excluding hydrogens is 452 g/mol. The average molecular weight is 472 g/mol. The van der Waals surface area contributed by atoms with E-state index in [0.717, 1.165) is 57.6 Å². The summed E-state index contributed by atoms with van der Waals surface area (Å²) in [7, 11) is 1.58. The van der Waals surface area contributed by atoms with Crippen LogP contribution in [0.1, 0.15) is 11.1 Å². The highest BCUT2D eigenvalue weighted by molar-refractivity contribution is 6.17. The Balaban J connectivity index is 1.45. The number of ether oxygens (including phenoxy) is 4. The minimum Gasteiger partial charge on any atom is -0.493 e. The van der Waals surface area contributed by atoms with E-state index in [9.17, 15) is 8.78 Å². The summed E-state index contributed by atoms with van der Waals surface area (Å²) in [6.45, 7) is 0.977. The number of pyridine rings is 1. The molecule has 35 heavy (non-hydrogen) atoms. The van der Waals surface area contributed by atoms with Gasteiger partial charge in [-0.15, -0.1) is 0 Å². The van der Waals surface area contributed by atoms with Gasteiger partial charge in [-0.05, 0) is 48.0 Å². The number of hydrogen-bond donors (Lipinski definition) is 0. The number of fused-ring (bicyclic) bond motifs is 4. The number of hydrogen-bond acceptors (Lipinski definition) is 4. The number of nitrogens with zero attached hydrogens (tertiary/aromatic N) is 1. The Labute approximate surface area is 199 Å². The largest absolute Gasteiger partial charge is 0.493 e. The highest BCUT2D eigenvalue weighted by atomic mass is 19.1. The first-order chi connectivity index (χ1) is 17.1. The normalized spacial score (nSPS) is 13.8. The number of methoxy groups -OCH3 is 1. The van der Waals surface area contributed by atoms with Crippen molar-refractivity contribution in [2.75, 3.05) is 13.9 Å². The minimum absolute atomic E-state index is 0.0506. The molecule has 0 radical (unpaired) electrons. The molecule has 1 aromatic heterocycles. The zero-order valence-corrected chi connectivity index (χ0v) is 18.9. The molecule has 0 N–H and O–H groups in total. The van der Waals surface area contributed by atoms with Gasteiger partial charge < -0.3 is 18.9 Å². The Bertz CT molecular complexity index is 1700. The molecule has 5 nitrogen and oxygen atoms in total. The molecule has 7 heteroatoms. The fraction of sp³-hybridized carbons (Fsp3) is 0.179. The van der Waals surface area contributed by atoms with Crippen molar-refractivity contribution in [2.24, 2.45) is 0 Å². The zero-order chi connectivity index (χ0) is 23.7. The predicted molar refractivity (Wildman–Crippen MR) is 126 cm³/mol. The van der Waals surface area contributed by atoms with Crippen LogP contribution in [-0.2, 0) is 19.6 Å². The van der Waals surface area contributed by atoms with Gasteiger partial charge >= 0.3 is 0 Å². The molecule has 2 aliphatic heterocycles. The van der Waals surface area contributed by atoms with E-state index in [0.29, 0.717) is 11.5 Å². The van der Waals surface area contributed by atoms with E-state index in [2.05, 4.69) is 29.0 Å². The first-order valence-electron chi connectivity index (χ1n) is 11.4. The lowest BCUT2D eigenvalue weighted by Gasteiger charge is -2.18. The van der Waals surface area contributed by atoms with Crippen LogP contribution in [0.3, 0.4) is 0 Å². The third-order valence-corrected chi connectivity index (χ3v) is 6.94. The van der Waals surface area contributed by atoms with Gasteiger partial charge in [0.15, 0.2) is 35.7 Å². The molecule has 0 fully saturated rings. The van der Waals surface area contributed by atoms with Crippen molar-refractivity contribution >= 4 is 32.4 Å². The van der Waals surface area contributed by atoms with Crippen LogP contribution < -0.4 is 23.5 Å². The summed E-state index contributed by atoms with van der Waals surface area (Å²) in [5.41, 5.74) is 2.65. The van der Waals surface area contributed by atoms with Gasteiger partial charge in [0.1, 0.15) is 18.2 Å². The van der Waals surface area contributed by atoms with Gasteiger partial charge in [0.25, 0.3) is 0 Å². The first-order valence-corrected chi connectivity index (χ1v) is 11.4. The summed E-state index contributed by atoms with van der Waals surface area (Å²) >= 11 is 0. The molecule has 0 bridgehead atoms. The van der Waals surface area contributed by atoms with Gasteiger partial charge in [0, 0.05) is 28.8 Å². The van der Waals surface area contributed by atoms with Gasteiger partial charge in [0.05, 0.1) is 23.3 Å². The van der Waals surface area contributed by atoms with Crippen molar-refractivity contribution < 1.29 is 32.3 Å². The summed E-state index contributed by atoms with van der Waals surface area (Å²) in [5.74, 6) is 1.40. The highest BCUT2D eigenvalue weighted by Crippen LogP contribution is 2.46. The average Bonchev–Trinajstić information content (AvgIpc) is 3.34. The van der Waals surface area contributed by atoms with E-state index in [1.54, 1.807) is 7.11 Å². The van der Waals surface area contributed by atoms with Gasteiger partial charge in [-0.3, -0.25) is 0 Å². The van der Waals surface area contributed by atoms with E-state index >= 15 is 0 Å². The maximum atomic E-state index is 14.3. The molecular formula is C28H20F2NO4+. The third-order valence-electron chi connectivity index (χ3n) is 6.94. The van der Waals surface area contributed by atoms with Crippen LogP contribution in [-0.4, -0.2) is 13.9 Å². The Morgan fingerprint density at radius 1 is 0.943 bits per heavy atom. The quantitative estimate of drug-likeness (QED) is 0.253. The van der Waals surface area contributed by atoms with Crippen molar-refractivity contribution in [1.29, 1.82) is 0 Å². The second-order valence-electron chi connectivity index (χ2n) is 8.81. The predicted octanol–water partition coefficient (Wildman–Crippen LogP) is 5.58. The standard InChI is InChI=1S/C28H20F2NO4/c1-32-23-7-6-18-19-4-5-20-25-15(10-24-27(20)35-14-34-24)8-9-31(26(19)25)12-21(18)28(23)33-13-16-2-3-17(29)11-22(16)30/h2-7,10-12H,8-9,13-14H2,1H3/q+1. The van der Waals surface area contributed by atoms with E-state index in [4.69, 9.17) is 18.9 Å². The zero-order valence-electron chi connectivity index (χ0n) is 18.9. The molecule has 0 unspecified atom stereocenters. The Hall–Kier alpha value is -4.13. The molecule has 4 aromatic carbocycles. The van der Waals surface area contributed by atoms with E-state index in [1.807, 2.05) is 12.1 Å². The molecule has 0 amide bonds. The lowest BCUT2D eigenvalue weighted by atomic mass is 9.93. The second-order valence-corrected chi connectivity index (χ2v) is 8.81. The van der Waals surface area contributed by atoms with Crippen molar-refractivity contribution in [3.8, 4) is 23.0 Å². The third kappa shape index (κ3) is 2.94. The van der Waals surface area contributed by atoms with Crippen LogP contribution in [0.15, 0.2) is 54.7 Å². The molecule has 0 saturated heterocycles. The highest BCUT2D eigenvalue weighted by Gasteiger charge is 2.30. The van der Waals surface area contributed by atoms with Crippen molar-refractivity contribution in [3.05, 3.63) is 77.5 Å². The fourth-order valence-corrected chi connectivity index (χ4v) is 5.33. The maximum absolute atomic E-state index is 14.3. The van der Waals surface area contributed by atoms with Gasteiger partial charge in [-0.2, -0.15) is 4.57 Å². The summed E-state index contributed by atoms with van der Waals surface area (Å²) in [5, 5.41) is 5.16. The number of aryl methyl sites for hydroxylation is 2. The molecule has 3 heterocycles. The molecule has 5 aromatic rings. The molecule has 0 spiro atoms. The summed E-state index contributed by atoms with van der Waals surface area (Å²) in [4.78, 5) is 0. The van der Waals surface area contributed by atoms with Crippen LogP contribution in [0.4, 0.5) is 8.78 Å². The van der Waals surface area contributed by atoms with Gasteiger partial charge in [-0.1, -0.05) is 0 Å². The summed E-state index contributed by atoms with van der Waals surface area (Å²) in [6, 6.07) is 13.6. The number of halogens is 2. The molecule has 0 saturated carbocycles. The van der Waals surface area contributed by atoms with Crippen molar-refractivity contribution in [3.63, 3.8) is 0 Å². The lowest BCUT2D eigenvalue weighted by Crippen LogP contribution is -2.38. The SMILES string of the molecule is COc1ccc2c(c[n+]3c4c2ccc2c5c(cc(c24)CC3)OCO5)c1OCc1ccc(F)cc1F. The number of aromatic nitrogens is 1. The molecule has 2 aliphatic rings. The van der Waals surface area contributed by atoms with Gasteiger partial charge in [0.2, 0.25) is 12.3 Å². The maximum Gasteiger partial charge on any atom is 0.231 e. The molecule has 0 atom stereocenters. The fourth-order valence-electron chi connectivity index (χ4n) is 5.33. The van der Waals surface area contributed by atoms with Crippen LogP contribution in [0.2, 0.25) is 0 Å². The van der Waals surface area contributed by atoms with Crippen LogP contribution in [0.5, 0.6) is 23.0 Å². The topological polar surface area (TPSA) is 40.8 Å². The Morgan fingerprint density at radius 2 is 1.80 bits per heavy atom. The Kier molecular flexibility index (Phi) is 4.30. The van der Waals surface area contributed by atoms with E-state index in [-0.39, 0.29) is 19.0 Å². The summed E-state index contributed by atoms with van der Waals surface area (Å²) in [6.07, 6.45) is 2.93. The lowest BCUT2D eigenvalue weighted by molar-refractivity contribution is -0.670. The van der Waals surface area contributed by atoms with Crippen molar-refractivity contribution in [2.45, 2.75) is 19.6 Å². The number of benzene rings is 4. The van der Waals surface area contributed by atoms with Crippen LogP contribution >= 0.6 is 0 Å². The van der Waals surface area contributed by atoms with Gasteiger partial charge in [-0.25, -0.2) is 8.78 Å². The molecule has 174 valence electrons. The first kappa shape index (κ1) is 20.3. The smallest absolute Gasteiger partial charge is 0.231 e. The second kappa shape index (κ2) is 7.43. The minimum atomic E-state index is -0.642. The van der Waals surface area contributed by atoms with E-state index in [1.165, 1.54) is 23.1 Å². The Morgan fingerprint density at radius 3 is 2.66 bits per heavy atom.